The Labute approximate surface area is 122 Å². The Morgan fingerprint density at radius 2 is 2.00 bits per heavy atom. The quantitative estimate of drug-likeness (QED) is 0.753. The maximum atomic E-state index is 6.14. The number of hydrogen-bond donors (Lipinski definition) is 0. The Bertz CT molecular complexity index is 630. The smallest absolute Gasteiger partial charge is 0.152 e. The third-order valence-electron chi connectivity index (χ3n) is 3.32. The Kier molecular flexibility index (Phi) is 3.12. The minimum Gasteiger partial charge on any atom is -0.347 e. The van der Waals surface area contributed by atoms with Crippen LogP contribution in [0.5, 0.6) is 0 Å². The molecular weight excluding hydrogens is 276 g/mol. The third kappa shape index (κ3) is 2.47. The van der Waals surface area contributed by atoms with Crippen LogP contribution in [-0.2, 0) is 18.5 Å². The first kappa shape index (κ1) is 13.3. The maximum absolute atomic E-state index is 6.14. The van der Waals surface area contributed by atoms with Crippen molar-refractivity contribution in [3.63, 3.8) is 0 Å². The highest BCUT2D eigenvalue weighted by Crippen LogP contribution is 2.25. The fraction of sp³-hybridized carbons (Fsp3) is 0.538. The Balaban J connectivity index is 1.93. The summed E-state index contributed by atoms with van der Waals surface area (Å²) in [4.78, 5) is 11.1. The average Bonchev–Trinajstić information content (AvgIpc) is 2.84. The van der Waals surface area contributed by atoms with Crippen LogP contribution in [-0.4, -0.2) is 31.3 Å². The van der Waals surface area contributed by atoms with Crippen molar-refractivity contribution in [2.75, 3.05) is 11.4 Å². The van der Waals surface area contributed by atoms with Gasteiger partial charge in [0.25, 0.3) is 0 Å². The monoisotopic (exact) mass is 292 g/mol. The summed E-state index contributed by atoms with van der Waals surface area (Å²) < 4.78 is 2.06. The Hall–Kier alpha value is -1.69. The normalized spacial score (nSPS) is 15.3. The molecule has 0 aliphatic carbocycles. The van der Waals surface area contributed by atoms with Crippen molar-refractivity contribution in [3.8, 4) is 0 Å². The second-order valence-corrected chi connectivity index (χ2v) is 6.37. The van der Waals surface area contributed by atoms with Gasteiger partial charge in [0.15, 0.2) is 5.82 Å². The van der Waals surface area contributed by atoms with Gasteiger partial charge in [0.05, 0.1) is 6.54 Å². The van der Waals surface area contributed by atoms with E-state index in [0.29, 0.717) is 11.7 Å². The van der Waals surface area contributed by atoms with E-state index in [0.717, 1.165) is 30.6 Å². The largest absolute Gasteiger partial charge is 0.347 e. The van der Waals surface area contributed by atoms with Gasteiger partial charge in [0.1, 0.15) is 23.1 Å². The zero-order valence-electron chi connectivity index (χ0n) is 11.8. The molecule has 20 heavy (non-hydrogen) atoms. The molecular formula is C13H17ClN6. The van der Waals surface area contributed by atoms with Crippen LogP contribution < -0.4 is 4.90 Å². The summed E-state index contributed by atoms with van der Waals surface area (Å²) in [5, 5.41) is 8.53. The average molecular weight is 293 g/mol. The molecule has 7 heteroatoms. The van der Waals surface area contributed by atoms with E-state index in [2.05, 4.69) is 50.4 Å². The van der Waals surface area contributed by atoms with E-state index in [-0.39, 0.29) is 5.41 Å². The molecule has 0 atom stereocenters. The molecule has 0 spiro atoms. The fourth-order valence-corrected chi connectivity index (χ4v) is 2.34. The van der Waals surface area contributed by atoms with E-state index in [1.807, 2.05) is 6.07 Å². The number of hydrogen-bond acceptors (Lipinski definition) is 5. The van der Waals surface area contributed by atoms with Gasteiger partial charge in [-0.1, -0.05) is 32.4 Å². The van der Waals surface area contributed by atoms with Crippen molar-refractivity contribution in [1.82, 2.24) is 24.7 Å². The predicted molar refractivity (Wildman–Crippen MR) is 76.8 cm³/mol. The van der Waals surface area contributed by atoms with Gasteiger partial charge in [-0.05, 0) is 0 Å². The molecule has 3 rings (SSSR count). The Morgan fingerprint density at radius 3 is 2.75 bits per heavy atom. The first-order chi connectivity index (χ1) is 9.43. The minimum absolute atomic E-state index is 0.130. The maximum Gasteiger partial charge on any atom is 0.152 e. The molecule has 0 fully saturated rings. The number of rotatable bonds is 1. The van der Waals surface area contributed by atoms with Crippen molar-refractivity contribution < 1.29 is 0 Å². The number of halogens is 1. The molecule has 1 aliphatic rings. The number of nitrogens with zero attached hydrogens (tertiary/aromatic N) is 6. The van der Waals surface area contributed by atoms with Crippen LogP contribution in [0.1, 0.15) is 32.4 Å². The van der Waals surface area contributed by atoms with Crippen molar-refractivity contribution in [3.05, 3.63) is 29.2 Å². The topological polar surface area (TPSA) is 59.7 Å². The molecule has 0 N–H and O–H groups in total. The summed E-state index contributed by atoms with van der Waals surface area (Å²) in [5.74, 6) is 2.56. The van der Waals surface area contributed by atoms with Gasteiger partial charge in [-0.15, -0.1) is 10.2 Å². The lowest BCUT2D eigenvalue weighted by atomic mass is 9.96. The fourth-order valence-electron chi connectivity index (χ4n) is 2.17. The lowest BCUT2D eigenvalue weighted by Gasteiger charge is -2.29. The summed E-state index contributed by atoms with van der Waals surface area (Å²) in [6, 6.07) is 1.81. The standard InChI is InChI=1S/C13H17ClN6/c1-13(2,3)12-16-9(14)6-10(17-12)19-4-5-20-8-15-18-11(20)7-19/h6,8H,4-5,7H2,1-3H3. The van der Waals surface area contributed by atoms with E-state index in [4.69, 9.17) is 11.6 Å². The van der Waals surface area contributed by atoms with Crippen molar-refractivity contribution >= 4 is 17.4 Å². The summed E-state index contributed by atoms with van der Waals surface area (Å²) in [6.45, 7) is 8.65. The summed E-state index contributed by atoms with van der Waals surface area (Å²) in [5.41, 5.74) is -0.130. The van der Waals surface area contributed by atoms with Gasteiger partial charge in [0, 0.05) is 24.6 Å². The first-order valence-corrected chi connectivity index (χ1v) is 6.98. The van der Waals surface area contributed by atoms with Crippen LogP contribution in [0.2, 0.25) is 5.15 Å². The molecule has 0 radical (unpaired) electrons. The molecule has 0 unspecified atom stereocenters. The van der Waals surface area contributed by atoms with E-state index in [1.54, 1.807) is 6.33 Å². The molecule has 6 nitrogen and oxygen atoms in total. The zero-order chi connectivity index (χ0) is 14.3. The van der Waals surface area contributed by atoms with Crippen LogP contribution in [0.15, 0.2) is 12.4 Å². The molecule has 0 bridgehead atoms. The highest BCUT2D eigenvalue weighted by Gasteiger charge is 2.23. The van der Waals surface area contributed by atoms with Crippen LogP contribution in [0.25, 0.3) is 0 Å². The van der Waals surface area contributed by atoms with Gasteiger partial charge in [0.2, 0.25) is 0 Å². The first-order valence-electron chi connectivity index (χ1n) is 6.60. The van der Waals surface area contributed by atoms with Crippen molar-refractivity contribution in [2.45, 2.75) is 39.3 Å². The molecule has 0 aromatic carbocycles. The second kappa shape index (κ2) is 4.70. The predicted octanol–water partition coefficient (Wildman–Crippen LogP) is 2.04. The lowest BCUT2D eigenvalue weighted by molar-refractivity contribution is 0.531. The lowest BCUT2D eigenvalue weighted by Crippen LogP contribution is -2.34. The van der Waals surface area contributed by atoms with E-state index in [9.17, 15) is 0 Å². The van der Waals surface area contributed by atoms with Crippen LogP contribution >= 0.6 is 11.6 Å². The Morgan fingerprint density at radius 1 is 1.20 bits per heavy atom. The van der Waals surface area contributed by atoms with E-state index < -0.39 is 0 Å². The van der Waals surface area contributed by atoms with Crippen LogP contribution in [0.3, 0.4) is 0 Å². The SMILES string of the molecule is CC(C)(C)c1nc(Cl)cc(N2CCn3cnnc3C2)n1. The van der Waals surface area contributed by atoms with Crippen molar-refractivity contribution in [1.29, 1.82) is 0 Å². The summed E-state index contributed by atoms with van der Waals surface area (Å²) in [6.07, 6.45) is 1.76. The summed E-state index contributed by atoms with van der Waals surface area (Å²) in [7, 11) is 0. The van der Waals surface area contributed by atoms with Gasteiger partial charge >= 0.3 is 0 Å². The number of anilines is 1. The van der Waals surface area contributed by atoms with Crippen LogP contribution in [0.4, 0.5) is 5.82 Å². The molecule has 3 heterocycles. The zero-order valence-corrected chi connectivity index (χ0v) is 12.6. The minimum atomic E-state index is -0.130. The van der Waals surface area contributed by atoms with Crippen molar-refractivity contribution in [2.24, 2.45) is 0 Å². The second-order valence-electron chi connectivity index (χ2n) is 5.98. The molecule has 106 valence electrons. The molecule has 1 aliphatic heterocycles. The molecule has 0 amide bonds. The highest BCUT2D eigenvalue weighted by molar-refractivity contribution is 6.29. The molecule has 0 saturated heterocycles. The van der Waals surface area contributed by atoms with E-state index in [1.165, 1.54) is 0 Å². The molecule has 2 aromatic heterocycles. The number of aromatic nitrogens is 5. The number of fused-ring (bicyclic) bond motifs is 1. The highest BCUT2D eigenvalue weighted by atomic mass is 35.5. The van der Waals surface area contributed by atoms with Gasteiger partial charge < -0.3 is 9.47 Å². The van der Waals surface area contributed by atoms with Gasteiger partial charge in [-0.25, -0.2) is 9.97 Å². The third-order valence-corrected chi connectivity index (χ3v) is 3.51. The van der Waals surface area contributed by atoms with Gasteiger partial charge in [-0.2, -0.15) is 0 Å². The van der Waals surface area contributed by atoms with Gasteiger partial charge in [-0.3, -0.25) is 0 Å². The van der Waals surface area contributed by atoms with E-state index >= 15 is 0 Å². The molecule has 2 aromatic rings. The summed E-state index contributed by atoms with van der Waals surface area (Å²) >= 11 is 6.14. The molecule has 0 saturated carbocycles. The van der Waals surface area contributed by atoms with Crippen LogP contribution in [0, 0.1) is 0 Å².